The fraction of sp³-hybridized carbons (Fsp3) is 0.176. The maximum atomic E-state index is 11.9. The zero-order valence-electron chi connectivity index (χ0n) is 13.3. The number of carbonyl (C=O) groups excluding carboxylic acids is 1. The average Bonchev–Trinajstić information content (AvgIpc) is 2.60. The molecule has 4 N–H and O–H groups in total. The lowest BCUT2D eigenvalue weighted by atomic mass is 10.2. The van der Waals surface area contributed by atoms with Crippen LogP contribution in [0.15, 0.2) is 54.9 Å². The molecule has 0 fully saturated rings. The quantitative estimate of drug-likeness (QED) is 0.350. The van der Waals surface area contributed by atoms with Gasteiger partial charge in [0.2, 0.25) is 0 Å². The van der Waals surface area contributed by atoms with E-state index < -0.39 is 4.99 Å². The number of rotatable bonds is 7. The van der Waals surface area contributed by atoms with Gasteiger partial charge in [-0.15, -0.1) is 12.6 Å². The molecule has 1 aromatic heterocycles. The number of hydrogen-bond donors (Lipinski definition) is 4. The van der Waals surface area contributed by atoms with Gasteiger partial charge in [0.15, 0.2) is 0 Å². The summed E-state index contributed by atoms with van der Waals surface area (Å²) in [6.45, 7) is 2.56. The molecule has 0 radical (unpaired) electrons. The molecule has 0 aliphatic carbocycles. The third kappa shape index (κ3) is 5.69. The summed E-state index contributed by atoms with van der Waals surface area (Å²) in [5, 5.41) is 0. The number of nitrogens with zero attached hydrogens (tertiary/aromatic N) is 1. The van der Waals surface area contributed by atoms with Gasteiger partial charge in [-0.3, -0.25) is 15.2 Å². The predicted octanol–water partition coefficient (Wildman–Crippen LogP) is 1.97. The van der Waals surface area contributed by atoms with Crippen molar-refractivity contribution in [2.45, 2.75) is 11.9 Å². The first kappa shape index (κ1) is 18.0. The van der Waals surface area contributed by atoms with Crippen LogP contribution in [0.1, 0.15) is 22.8 Å². The maximum absolute atomic E-state index is 11.9. The van der Waals surface area contributed by atoms with Crippen LogP contribution in [-0.2, 0) is 0 Å². The SMILES string of the molecule is CCOc1ccc(/C=C/C(N)(S)NNC(=O)c2ccncc2)cc1. The van der Waals surface area contributed by atoms with E-state index in [9.17, 15) is 4.79 Å². The summed E-state index contributed by atoms with van der Waals surface area (Å²) in [4.78, 5) is 14.6. The summed E-state index contributed by atoms with van der Waals surface area (Å²) in [6.07, 6.45) is 6.52. The van der Waals surface area contributed by atoms with E-state index in [1.807, 2.05) is 31.2 Å². The van der Waals surface area contributed by atoms with Gasteiger partial charge in [-0.25, -0.2) is 5.43 Å². The summed E-state index contributed by atoms with van der Waals surface area (Å²) in [5.74, 6) is 0.484. The Kier molecular flexibility index (Phi) is 6.36. The first-order valence-electron chi connectivity index (χ1n) is 7.41. The van der Waals surface area contributed by atoms with Crippen LogP contribution < -0.4 is 21.3 Å². The smallest absolute Gasteiger partial charge is 0.265 e. The van der Waals surface area contributed by atoms with Gasteiger partial charge >= 0.3 is 0 Å². The van der Waals surface area contributed by atoms with Crippen LogP contribution >= 0.6 is 12.6 Å². The highest BCUT2D eigenvalue weighted by atomic mass is 32.1. The van der Waals surface area contributed by atoms with Crippen LogP contribution in [0.25, 0.3) is 6.08 Å². The lowest BCUT2D eigenvalue weighted by Gasteiger charge is -2.21. The molecular formula is C17H20N4O2S. The third-order valence-corrected chi connectivity index (χ3v) is 3.30. The van der Waals surface area contributed by atoms with Crippen molar-refractivity contribution in [1.82, 2.24) is 15.8 Å². The lowest BCUT2D eigenvalue weighted by Crippen LogP contribution is -2.55. The van der Waals surface area contributed by atoms with Crippen LogP contribution in [-0.4, -0.2) is 22.5 Å². The Balaban J connectivity index is 1.91. The van der Waals surface area contributed by atoms with Crippen LogP contribution in [0.3, 0.4) is 0 Å². The molecule has 1 amide bonds. The Morgan fingerprint density at radius 2 is 1.96 bits per heavy atom. The number of ether oxygens (including phenoxy) is 1. The van der Waals surface area contributed by atoms with E-state index in [0.717, 1.165) is 11.3 Å². The number of thiol groups is 1. The number of nitrogens with two attached hydrogens (primary N) is 1. The first-order valence-corrected chi connectivity index (χ1v) is 7.86. The summed E-state index contributed by atoms with van der Waals surface area (Å²) >= 11 is 4.29. The number of nitrogens with one attached hydrogen (secondary N) is 2. The molecule has 6 nitrogen and oxygen atoms in total. The van der Waals surface area contributed by atoms with Gasteiger partial charge in [0.25, 0.3) is 5.91 Å². The minimum atomic E-state index is -1.21. The molecule has 1 heterocycles. The Hall–Kier alpha value is -2.35. The molecule has 0 aliphatic rings. The number of carbonyl (C=O) groups is 1. The molecule has 2 rings (SSSR count). The number of amides is 1. The second-order valence-corrected chi connectivity index (χ2v) is 5.72. The van der Waals surface area contributed by atoms with Crippen molar-refractivity contribution < 1.29 is 9.53 Å². The van der Waals surface area contributed by atoms with Crippen molar-refractivity contribution in [2.24, 2.45) is 5.73 Å². The minimum absolute atomic E-state index is 0.323. The molecule has 0 saturated carbocycles. The molecule has 1 atom stereocenters. The molecule has 1 aromatic carbocycles. The van der Waals surface area contributed by atoms with Crippen LogP contribution in [0.4, 0.5) is 0 Å². The molecule has 0 spiro atoms. The molecule has 0 bridgehead atoms. The number of pyridine rings is 1. The second kappa shape index (κ2) is 8.49. The normalized spacial score (nSPS) is 13.5. The Labute approximate surface area is 146 Å². The Morgan fingerprint density at radius 1 is 1.29 bits per heavy atom. The van der Waals surface area contributed by atoms with Crippen molar-refractivity contribution in [3.63, 3.8) is 0 Å². The van der Waals surface area contributed by atoms with Crippen molar-refractivity contribution in [1.29, 1.82) is 0 Å². The van der Waals surface area contributed by atoms with E-state index in [2.05, 4.69) is 28.5 Å². The van der Waals surface area contributed by atoms with Crippen molar-refractivity contribution in [2.75, 3.05) is 6.61 Å². The van der Waals surface area contributed by atoms with Crippen molar-refractivity contribution in [3.05, 3.63) is 66.0 Å². The maximum Gasteiger partial charge on any atom is 0.265 e. The van der Waals surface area contributed by atoms with Crippen molar-refractivity contribution >= 4 is 24.6 Å². The molecule has 0 saturated heterocycles. The summed E-state index contributed by atoms with van der Waals surface area (Å²) < 4.78 is 5.39. The number of hydrazine groups is 1. The molecule has 126 valence electrons. The molecular weight excluding hydrogens is 324 g/mol. The third-order valence-electron chi connectivity index (χ3n) is 3.04. The topological polar surface area (TPSA) is 89.3 Å². The van der Waals surface area contributed by atoms with Gasteiger partial charge in [-0.2, -0.15) is 0 Å². The molecule has 0 aliphatic heterocycles. The monoisotopic (exact) mass is 344 g/mol. The Bertz CT molecular complexity index is 687. The molecule has 7 heteroatoms. The van der Waals surface area contributed by atoms with E-state index in [4.69, 9.17) is 10.5 Å². The van der Waals surface area contributed by atoms with Crippen LogP contribution in [0.5, 0.6) is 5.75 Å². The highest BCUT2D eigenvalue weighted by Gasteiger charge is 2.16. The van der Waals surface area contributed by atoms with Gasteiger partial charge in [-0.1, -0.05) is 18.2 Å². The fourth-order valence-electron chi connectivity index (χ4n) is 1.84. The minimum Gasteiger partial charge on any atom is -0.494 e. The number of aromatic nitrogens is 1. The highest BCUT2D eigenvalue weighted by Crippen LogP contribution is 2.14. The molecule has 24 heavy (non-hydrogen) atoms. The van der Waals surface area contributed by atoms with E-state index in [0.29, 0.717) is 12.2 Å². The van der Waals surface area contributed by atoms with Gasteiger partial charge in [-0.05, 0) is 42.8 Å². The average molecular weight is 344 g/mol. The number of benzene rings is 1. The van der Waals surface area contributed by atoms with Crippen LogP contribution in [0.2, 0.25) is 0 Å². The summed E-state index contributed by atoms with van der Waals surface area (Å²) in [7, 11) is 0. The summed E-state index contributed by atoms with van der Waals surface area (Å²) in [6, 6.07) is 10.8. The highest BCUT2D eigenvalue weighted by molar-refractivity contribution is 7.81. The van der Waals surface area contributed by atoms with Crippen LogP contribution in [0, 0.1) is 0 Å². The zero-order chi connectivity index (χ0) is 17.4. The zero-order valence-corrected chi connectivity index (χ0v) is 14.2. The largest absolute Gasteiger partial charge is 0.494 e. The van der Waals surface area contributed by atoms with E-state index in [-0.39, 0.29) is 5.91 Å². The number of hydrogen-bond acceptors (Lipinski definition) is 6. The second-order valence-electron chi connectivity index (χ2n) is 4.98. The lowest BCUT2D eigenvalue weighted by molar-refractivity contribution is 0.0926. The van der Waals surface area contributed by atoms with Gasteiger partial charge < -0.3 is 10.5 Å². The van der Waals surface area contributed by atoms with Gasteiger partial charge in [0.1, 0.15) is 10.7 Å². The molecule has 1 unspecified atom stereocenters. The first-order chi connectivity index (χ1) is 11.5. The van der Waals surface area contributed by atoms with E-state index in [1.165, 1.54) is 12.4 Å². The van der Waals surface area contributed by atoms with Gasteiger partial charge in [0.05, 0.1) is 6.61 Å². The van der Waals surface area contributed by atoms with Crippen molar-refractivity contribution in [3.8, 4) is 5.75 Å². The fourth-order valence-corrected chi connectivity index (χ4v) is 1.97. The van der Waals surface area contributed by atoms with E-state index >= 15 is 0 Å². The standard InChI is InChI=1S/C17H20N4O2S/c1-2-23-15-5-3-13(4-6-15)7-10-17(18,24)21-20-16(22)14-8-11-19-12-9-14/h3-12,21,24H,2,18H2,1H3,(H,20,22)/b10-7+. The summed E-state index contributed by atoms with van der Waals surface area (Å²) in [5.41, 5.74) is 12.6. The predicted molar refractivity (Wildman–Crippen MR) is 97.4 cm³/mol. The van der Waals surface area contributed by atoms with Gasteiger partial charge in [0, 0.05) is 18.0 Å². The molecule has 2 aromatic rings. The Morgan fingerprint density at radius 3 is 2.58 bits per heavy atom. The van der Waals surface area contributed by atoms with E-state index in [1.54, 1.807) is 24.3 Å².